The summed E-state index contributed by atoms with van der Waals surface area (Å²) in [6.07, 6.45) is 0. The van der Waals surface area contributed by atoms with E-state index in [9.17, 15) is 9.59 Å². The average molecular weight is 517 g/mol. The standard InChI is InChI=1S/C29H24O9/c1-15-9-22-18(13-21(15)38-29(31)17-11-24(33-3)28(35-5)25(12-17)34-4)19(14-26(30)36-22)23-10-16-7-6-8-20(32-2)27(16)37-23/h6-14H,1-5H3. The highest BCUT2D eigenvalue weighted by molar-refractivity contribution is 5.98. The Morgan fingerprint density at radius 2 is 1.47 bits per heavy atom. The third kappa shape index (κ3) is 4.28. The summed E-state index contributed by atoms with van der Waals surface area (Å²) in [5, 5.41) is 1.34. The average Bonchev–Trinajstić information content (AvgIpc) is 3.36. The highest BCUT2D eigenvalue weighted by Crippen LogP contribution is 2.40. The summed E-state index contributed by atoms with van der Waals surface area (Å²) < 4.78 is 38.7. The van der Waals surface area contributed by atoms with E-state index >= 15 is 0 Å². The quantitative estimate of drug-likeness (QED) is 0.151. The summed E-state index contributed by atoms with van der Waals surface area (Å²) in [6.45, 7) is 1.75. The van der Waals surface area contributed by atoms with Crippen molar-refractivity contribution < 1.29 is 37.3 Å². The molecule has 194 valence electrons. The molecule has 5 rings (SSSR count). The lowest BCUT2D eigenvalue weighted by Gasteiger charge is -2.14. The van der Waals surface area contributed by atoms with Crippen molar-refractivity contribution in [3.8, 4) is 40.1 Å². The van der Waals surface area contributed by atoms with Crippen molar-refractivity contribution in [3.05, 3.63) is 76.1 Å². The van der Waals surface area contributed by atoms with Crippen LogP contribution in [0.15, 0.2) is 68.2 Å². The molecule has 0 saturated heterocycles. The lowest BCUT2D eigenvalue weighted by Crippen LogP contribution is -2.10. The molecule has 0 amide bonds. The van der Waals surface area contributed by atoms with Crippen LogP contribution in [-0.4, -0.2) is 34.4 Å². The summed E-state index contributed by atoms with van der Waals surface area (Å²) in [5.74, 6) is 1.64. The summed E-state index contributed by atoms with van der Waals surface area (Å²) in [7, 11) is 5.96. The van der Waals surface area contributed by atoms with E-state index in [1.807, 2.05) is 18.2 Å². The summed E-state index contributed by atoms with van der Waals surface area (Å²) in [6, 6.07) is 15.0. The van der Waals surface area contributed by atoms with Gasteiger partial charge in [0.15, 0.2) is 22.8 Å². The number of benzene rings is 3. The zero-order chi connectivity index (χ0) is 27.0. The lowest BCUT2D eigenvalue weighted by atomic mass is 10.0. The van der Waals surface area contributed by atoms with E-state index in [-0.39, 0.29) is 11.3 Å². The number of hydrogen-bond donors (Lipinski definition) is 0. The van der Waals surface area contributed by atoms with Gasteiger partial charge in [-0.15, -0.1) is 0 Å². The van der Waals surface area contributed by atoms with Crippen LogP contribution in [0, 0.1) is 6.92 Å². The molecule has 3 aromatic carbocycles. The normalized spacial score (nSPS) is 11.0. The van der Waals surface area contributed by atoms with E-state index in [1.54, 1.807) is 32.2 Å². The molecule has 0 N–H and O–H groups in total. The number of ether oxygens (including phenoxy) is 5. The zero-order valence-electron chi connectivity index (χ0n) is 21.4. The molecular formula is C29H24O9. The van der Waals surface area contributed by atoms with Gasteiger partial charge in [-0.05, 0) is 48.9 Å². The molecule has 0 radical (unpaired) electrons. The van der Waals surface area contributed by atoms with Gasteiger partial charge in [0.1, 0.15) is 17.1 Å². The van der Waals surface area contributed by atoms with Gasteiger partial charge in [-0.1, -0.05) is 12.1 Å². The van der Waals surface area contributed by atoms with Gasteiger partial charge in [0.25, 0.3) is 0 Å². The predicted octanol–water partition coefficient (Wildman–Crippen LogP) is 5.77. The molecule has 9 heteroatoms. The molecule has 9 nitrogen and oxygen atoms in total. The Hall–Kier alpha value is -4.92. The smallest absolute Gasteiger partial charge is 0.343 e. The summed E-state index contributed by atoms with van der Waals surface area (Å²) in [5.41, 5.74) is 1.60. The Labute approximate surface area is 217 Å². The highest BCUT2D eigenvalue weighted by atomic mass is 16.5. The van der Waals surface area contributed by atoms with Crippen molar-refractivity contribution in [2.24, 2.45) is 0 Å². The third-order valence-corrected chi connectivity index (χ3v) is 6.14. The lowest BCUT2D eigenvalue weighted by molar-refractivity contribution is 0.0732. The minimum absolute atomic E-state index is 0.197. The minimum atomic E-state index is -0.640. The maximum Gasteiger partial charge on any atom is 0.343 e. The SMILES string of the molecule is COc1cc(C(=O)Oc2cc3c(-c4cc5cccc(OC)c5o4)cc(=O)oc3cc2C)cc(OC)c1OC. The molecule has 38 heavy (non-hydrogen) atoms. The molecule has 0 aliphatic rings. The predicted molar refractivity (Wildman–Crippen MR) is 140 cm³/mol. The molecule has 0 saturated carbocycles. The number of furan rings is 1. The number of rotatable bonds is 7. The number of methoxy groups -OCH3 is 4. The van der Waals surface area contributed by atoms with Gasteiger partial charge >= 0.3 is 11.6 Å². The van der Waals surface area contributed by atoms with E-state index in [0.29, 0.717) is 56.4 Å². The fourth-order valence-electron chi connectivity index (χ4n) is 4.29. The molecule has 2 heterocycles. The molecule has 0 fully saturated rings. The molecule has 0 unspecified atom stereocenters. The number of hydrogen-bond acceptors (Lipinski definition) is 9. The van der Waals surface area contributed by atoms with E-state index in [2.05, 4.69) is 0 Å². The topological polar surface area (TPSA) is 107 Å². The van der Waals surface area contributed by atoms with Crippen LogP contribution in [0.1, 0.15) is 15.9 Å². The Morgan fingerprint density at radius 1 is 0.763 bits per heavy atom. The number of esters is 1. The van der Waals surface area contributed by atoms with Crippen LogP contribution in [-0.2, 0) is 0 Å². The van der Waals surface area contributed by atoms with Gasteiger partial charge in [0.05, 0.1) is 34.0 Å². The van der Waals surface area contributed by atoms with Crippen molar-refractivity contribution in [2.45, 2.75) is 6.92 Å². The number of para-hydroxylation sites is 1. The van der Waals surface area contributed by atoms with Crippen molar-refractivity contribution in [1.82, 2.24) is 0 Å². The van der Waals surface area contributed by atoms with Gasteiger partial charge in [-0.2, -0.15) is 0 Å². The van der Waals surface area contributed by atoms with Crippen LogP contribution < -0.4 is 29.3 Å². The fraction of sp³-hybridized carbons (Fsp3) is 0.172. The van der Waals surface area contributed by atoms with Gasteiger partial charge in [-0.25, -0.2) is 9.59 Å². The van der Waals surface area contributed by atoms with Crippen LogP contribution in [0.25, 0.3) is 33.3 Å². The molecule has 0 aliphatic carbocycles. The minimum Gasteiger partial charge on any atom is -0.493 e. The molecule has 0 spiro atoms. The highest BCUT2D eigenvalue weighted by Gasteiger charge is 2.21. The van der Waals surface area contributed by atoms with Crippen LogP contribution in [0.4, 0.5) is 0 Å². The third-order valence-electron chi connectivity index (χ3n) is 6.14. The first-order chi connectivity index (χ1) is 18.4. The largest absolute Gasteiger partial charge is 0.493 e. The number of aryl methyl sites for hydroxylation is 1. The molecule has 0 bridgehead atoms. The van der Waals surface area contributed by atoms with E-state index in [1.165, 1.54) is 39.5 Å². The van der Waals surface area contributed by atoms with E-state index in [0.717, 1.165) is 5.39 Å². The number of carbonyl (C=O) groups is 1. The number of fused-ring (bicyclic) bond motifs is 2. The molecular weight excluding hydrogens is 492 g/mol. The van der Waals surface area contributed by atoms with E-state index in [4.69, 9.17) is 32.5 Å². The van der Waals surface area contributed by atoms with Crippen molar-refractivity contribution in [1.29, 1.82) is 0 Å². The van der Waals surface area contributed by atoms with Gasteiger partial charge < -0.3 is 32.5 Å². The molecule has 0 atom stereocenters. The van der Waals surface area contributed by atoms with Gasteiger partial charge in [-0.3, -0.25) is 0 Å². The zero-order valence-corrected chi connectivity index (χ0v) is 21.4. The van der Waals surface area contributed by atoms with E-state index < -0.39 is 11.6 Å². The first kappa shape index (κ1) is 24.8. The molecule has 2 aromatic heterocycles. The Balaban J connectivity index is 1.60. The second-order valence-electron chi connectivity index (χ2n) is 8.39. The molecule has 5 aromatic rings. The van der Waals surface area contributed by atoms with Crippen molar-refractivity contribution in [3.63, 3.8) is 0 Å². The van der Waals surface area contributed by atoms with Crippen LogP contribution in [0.2, 0.25) is 0 Å². The maximum absolute atomic E-state index is 13.2. The van der Waals surface area contributed by atoms with Crippen molar-refractivity contribution >= 4 is 27.9 Å². The Bertz CT molecular complexity index is 1720. The summed E-state index contributed by atoms with van der Waals surface area (Å²) >= 11 is 0. The summed E-state index contributed by atoms with van der Waals surface area (Å²) in [4.78, 5) is 25.6. The van der Waals surface area contributed by atoms with Gasteiger partial charge in [0.2, 0.25) is 5.75 Å². The Morgan fingerprint density at radius 3 is 2.13 bits per heavy atom. The van der Waals surface area contributed by atoms with Crippen LogP contribution in [0.3, 0.4) is 0 Å². The first-order valence-corrected chi connectivity index (χ1v) is 11.5. The second kappa shape index (κ2) is 9.85. The molecule has 0 aliphatic heterocycles. The monoisotopic (exact) mass is 516 g/mol. The van der Waals surface area contributed by atoms with Crippen LogP contribution in [0.5, 0.6) is 28.7 Å². The Kier molecular flexibility index (Phi) is 6.42. The second-order valence-corrected chi connectivity index (χ2v) is 8.39. The fourth-order valence-corrected chi connectivity index (χ4v) is 4.29. The maximum atomic E-state index is 13.2. The van der Waals surface area contributed by atoms with Crippen molar-refractivity contribution in [2.75, 3.05) is 28.4 Å². The first-order valence-electron chi connectivity index (χ1n) is 11.5. The van der Waals surface area contributed by atoms with Gasteiger partial charge in [0, 0.05) is 22.4 Å². The number of carbonyl (C=O) groups excluding carboxylic acids is 1. The van der Waals surface area contributed by atoms with Crippen LogP contribution >= 0.6 is 0 Å².